The Kier molecular flexibility index (Phi) is 7.60. The summed E-state index contributed by atoms with van der Waals surface area (Å²) >= 11 is 0. The zero-order valence-electron chi connectivity index (χ0n) is 16.8. The third kappa shape index (κ3) is 6.05. The maximum Gasteiger partial charge on any atom is 0.387 e. The molecule has 0 bridgehead atoms. The summed E-state index contributed by atoms with van der Waals surface area (Å²) in [6, 6.07) is 11.1. The number of rotatable bonds is 7. The van der Waals surface area contributed by atoms with E-state index in [1.807, 2.05) is 0 Å². The fourth-order valence-electron chi connectivity index (χ4n) is 3.12. The fraction of sp³-hybridized carbons (Fsp3) is 0.333. The van der Waals surface area contributed by atoms with Crippen LogP contribution in [-0.2, 0) is 9.53 Å². The lowest BCUT2D eigenvalue weighted by atomic mass is 10.1. The van der Waals surface area contributed by atoms with Crippen LogP contribution in [0, 0.1) is 0 Å². The normalized spacial score (nSPS) is 14.6. The van der Waals surface area contributed by atoms with Crippen LogP contribution >= 0.6 is 0 Å². The summed E-state index contributed by atoms with van der Waals surface area (Å²) in [6.07, 6.45) is 0. The average Bonchev–Trinajstić information content (AvgIpc) is 2.79. The number of anilines is 1. The number of benzene rings is 2. The number of carbonyl (C=O) groups is 2. The number of nitrogens with zero attached hydrogens (tertiary/aromatic N) is 1. The SMILES string of the molecule is COc1ccc(OC(F)F)c(NC(=O)N[C@H](C(=O)N2CCOCC2)c2ccccc2)c1. The molecule has 31 heavy (non-hydrogen) atoms. The second-order valence-electron chi connectivity index (χ2n) is 6.62. The van der Waals surface area contributed by atoms with Crippen LogP contribution in [-0.4, -0.2) is 56.9 Å². The van der Waals surface area contributed by atoms with Gasteiger partial charge in [0.25, 0.3) is 0 Å². The lowest BCUT2D eigenvalue weighted by Crippen LogP contribution is -2.48. The number of hydrogen-bond acceptors (Lipinski definition) is 5. The molecule has 1 aliphatic heterocycles. The van der Waals surface area contributed by atoms with E-state index < -0.39 is 18.7 Å². The van der Waals surface area contributed by atoms with Crippen LogP contribution in [0.5, 0.6) is 11.5 Å². The molecule has 8 nitrogen and oxygen atoms in total. The molecule has 3 amide bonds. The Bertz CT molecular complexity index is 892. The minimum absolute atomic E-state index is 0.0252. The molecule has 10 heteroatoms. The number of nitrogens with one attached hydrogen (secondary N) is 2. The molecule has 166 valence electrons. The van der Waals surface area contributed by atoms with Gasteiger partial charge in [-0.25, -0.2) is 4.79 Å². The van der Waals surface area contributed by atoms with Crippen molar-refractivity contribution in [2.45, 2.75) is 12.7 Å². The van der Waals surface area contributed by atoms with Crippen molar-refractivity contribution >= 4 is 17.6 Å². The molecule has 2 N–H and O–H groups in total. The Balaban J connectivity index is 1.80. The van der Waals surface area contributed by atoms with Gasteiger partial charge in [-0.05, 0) is 17.7 Å². The highest BCUT2D eigenvalue weighted by molar-refractivity contribution is 5.95. The molecule has 1 saturated heterocycles. The molecule has 1 aliphatic rings. The van der Waals surface area contributed by atoms with E-state index in [0.29, 0.717) is 37.6 Å². The highest BCUT2D eigenvalue weighted by atomic mass is 19.3. The van der Waals surface area contributed by atoms with Crippen LogP contribution in [0.4, 0.5) is 19.3 Å². The molecular weight excluding hydrogens is 412 g/mol. The number of ether oxygens (including phenoxy) is 3. The summed E-state index contributed by atoms with van der Waals surface area (Å²) < 4.78 is 40.3. The lowest BCUT2D eigenvalue weighted by Gasteiger charge is -2.31. The quantitative estimate of drug-likeness (QED) is 0.698. The Morgan fingerprint density at radius 2 is 1.81 bits per heavy atom. The number of carbonyl (C=O) groups excluding carboxylic acids is 2. The van der Waals surface area contributed by atoms with Gasteiger partial charge in [0.1, 0.15) is 17.5 Å². The molecule has 2 aromatic rings. The Morgan fingerprint density at radius 1 is 1.10 bits per heavy atom. The Hall–Kier alpha value is -3.40. The van der Waals surface area contributed by atoms with E-state index in [9.17, 15) is 18.4 Å². The average molecular weight is 435 g/mol. The van der Waals surface area contributed by atoms with Crippen LogP contribution in [0.25, 0.3) is 0 Å². The van der Waals surface area contributed by atoms with Crippen molar-refractivity contribution in [2.75, 3.05) is 38.7 Å². The van der Waals surface area contributed by atoms with Crippen LogP contribution in [0.3, 0.4) is 0 Å². The number of alkyl halides is 2. The van der Waals surface area contributed by atoms with Crippen molar-refractivity contribution in [3.63, 3.8) is 0 Å². The van der Waals surface area contributed by atoms with E-state index in [1.165, 1.54) is 25.3 Å². The van der Waals surface area contributed by atoms with E-state index in [-0.39, 0.29) is 17.3 Å². The van der Waals surface area contributed by atoms with Gasteiger partial charge in [0.05, 0.1) is 26.0 Å². The maximum atomic E-state index is 13.1. The maximum absolute atomic E-state index is 13.1. The zero-order chi connectivity index (χ0) is 22.2. The molecule has 1 heterocycles. The predicted molar refractivity (Wildman–Crippen MR) is 108 cm³/mol. The molecule has 0 unspecified atom stereocenters. The van der Waals surface area contributed by atoms with E-state index in [1.54, 1.807) is 35.2 Å². The van der Waals surface area contributed by atoms with E-state index >= 15 is 0 Å². The molecule has 3 rings (SSSR count). The first-order valence-electron chi connectivity index (χ1n) is 9.60. The minimum Gasteiger partial charge on any atom is -0.497 e. The van der Waals surface area contributed by atoms with Crippen molar-refractivity contribution in [1.82, 2.24) is 10.2 Å². The van der Waals surface area contributed by atoms with E-state index in [0.717, 1.165) is 0 Å². The van der Waals surface area contributed by atoms with Crippen molar-refractivity contribution in [3.05, 3.63) is 54.1 Å². The predicted octanol–water partition coefficient (Wildman–Crippen LogP) is 3.02. The summed E-state index contributed by atoms with van der Waals surface area (Å²) in [5.41, 5.74) is 0.562. The smallest absolute Gasteiger partial charge is 0.387 e. The van der Waals surface area contributed by atoms with Crippen LogP contribution in [0.1, 0.15) is 11.6 Å². The van der Waals surface area contributed by atoms with Crippen molar-refractivity contribution in [3.8, 4) is 11.5 Å². The molecule has 0 aliphatic carbocycles. The lowest BCUT2D eigenvalue weighted by molar-refractivity contribution is -0.137. The Morgan fingerprint density at radius 3 is 2.45 bits per heavy atom. The molecule has 2 aromatic carbocycles. The molecule has 0 spiro atoms. The van der Waals surface area contributed by atoms with Crippen LogP contribution in [0.15, 0.2) is 48.5 Å². The standard InChI is InChI=1S/C21H23F2N3O5/c1-29-15-7-8-17(31-20(22)23)16(13-15)24-21(28)25-18(14-5-3-2-4-6-14)19(27)26-9-11-30-12-10-26/h2-8,13,18,20H,9-12H2,1H3,(H2,24,25,28)/t18-/m0/s1. The number of hydrogen-bond donors (Lipinski definition) is 2. The van der Waals surface area contributed by atoms with Gasteiger partial charge in [-0.2, -0.15) is 8.78 Å². The highest BCUT2D eigenvalue weighted by Gasteiger charge is 2.29. The number of amides is 3. The molecule has 1 atom stereocenters. The Labute approximate surface area is 178 Å². The molecule has 0 saturated carbocycles. The second-order valence-corrected chi connectivity index (χ2v) is 6.62. The first kappa shape index (κ1) is 22.3. The van der Waals surface area contributed by atoms with Gasteiger partial charge in [-0.15, -0.1) is 0 Å². The third-order valence-electron chi connectivity index (χ3n) is 4.63. The molecule has 0 aromatic heterocycles. The molecule has 1 fully saturated rings. The van der Waals surface area contributed by atoms with Gasteiger partial charge < -0.3 is 29.7 Å². The van der Waals surface area contributed by atoms with Gasteiger partial charge in [-0.1, -0.05) is 30.3 Å². The van der Waals surface area contributed by atoms with Crippen molar-refractivity contribution in [1.29, 1.82) is 0 Å². The molecular formula is C21H23F2N3O5. The third-order valence-corrected chi connectivity index (χ3v) is 4.63. The van der Waals surface area contributed by atoms with Crippen molar-refractivity contribution < 1.29 is 32.6 Å². The van der Waals surface area contributed by atoms with Gasteiger partial charge in [0, 0.05) is 19.2 Å². The fourth-order valence-corrected chi connectivity index (χ4v) is 3.12. The van der Waals surface area contributed by atoms with Gasteiger partial charge >= 0.3 is 12.6 Å². The van der Waals surface area contributed by atoms with Gasteiger partial charge in [0.2, 0.25) is 5.91 Å². The van der Waals surface area contributed by atoms with Crippen LogP contribution < -0.4 is 20.1 Å². The summed E-state index contributed by atoms with van der Waals surface area (Å²) in [6.45, 7) is -1.42. The second kappa shape index (κ2) is 10.6. The topological polar surface area (TPSA) is 89.1 Å². The van der Waals surface area contributed by atoms with Crippen molar-refractivity contribution in [2.24, 2.45) is 0 Å². The molecule has 0 radical (unpaired) electrons. The summed E-state index contributed by atoms with van der Waals surface area (Å²) in [5.74, 6) is -0.193. The zero-order valence-corrected chi connectivity index (χ0v) is 16.8. The van der Waals surface area contributed by atoms with Gasteiger partial charge in [-0.3, -0.25) is 4.79 Å². The first-order valence-corrected chi connectivity index (χ1v) is 9.60. The van der Waals surface area contributed by atoms with Gasteiger partial charge in [0.15, 0.2) is 0 Å². The number of urea groups is 1. The largest absolute Gasteiger partial charge is 0.497 e. The summed E-state index contributed by atoms with van der Waals surface area (Å²) in [5, 5.41) is 5.10. The van der Waals surface area contributed by atoms with Crippen LogP contribution in [0.2, 0.25) is 0 Å². The monoisotopic (exact) mass is 435 g/mol. The minimum atomic E-state index is -3.07. The number of halogens is 2. The number of morpholine rings is 1. The first-order chi connectivity index (χ1) is 15.0. The highest BCUT2D eigenvalue weighted by Crippen LogP contribution is 2.30. The summed E-state index contributed by atoms with van der Waals surface area (Å²) in [4.78, 5) is 27.4. The van der Waals surface area contributed by atoms with E-state index in [2.05, 4.69) is 15.4 Å². The van der Waals surface area contributed by atoms with E-state index in [4.69, 9.17) is 9.47 Å². The summed E-state index contributed by atoms with van der Waals surface area (Å²) in [7, 11) is 1.40. The number of methoxy groups -OCH3 is 1.